The van der Waals surface area contributed by atoms with E-state index in [0.29, 0.717) is 0 Å². The highest BCUT2D eigenvalue weighted by Gasteiger charge is 2.48. The molecule has 1 fully saturated rings. The van der Waals surface area contributed by atoms with Crippen LogP contribution in [0.15, 0.2) is 60.7 Å². The van der Waals surface area contributed by atoms with Gasteiger partial charge in [-0.25, -0.2) is 0 Å². The van der Waals surface area contributed by atoms with Gasteiger partial charge in [0.15, 0.2) is 0 Å². The van der Waals surface area contributed by atoms with E-state index < -0.39 is 10.8 Å². The maximum atomic E-state index is 12.0. The van der Waals surface area contributed by atoms with Crippen molar-refractivity contribution in [3.05, 3.63) is 87.5 Å². The first-order chi connectivity index (χ1) is 12.0. The predicted octanol–water partition coefficient (Wildman–Crippen LogP) is 3.93. The molecule has 0 atom stereocenters. The second kappa shape index (κ2) is 5.41. The van der Waals surface area contributed by atoms with Crippen molar-refractivity contribution in [3.8, 4) is 0 Å². The third-order valence-electron chi connectivity index (χ3n) is 5.05. The fraction of sp³-hybridized carbons (Fsp3) is 0.150. The smallest absolute Gasteiger partial charge is 0.270 e. The molecule has 5 heteroatoms. The first-order valence-electron chi connectivity index (χ1n) is 8.10. The van der Waals surface area contributed by atoms with Crippen LogP contribution < -0.4 is 5.73 Å². The molecule has 0 heterocycles. The highest BCUT2D eigenvalue weighted by Crippen LogP contribution is 2.56. The Bertz CT molecular complexity index is 1020. The first kappa shape index (κ1) is 15.3. The van der Waals surface area contributed by atoms with E-state index in [1.165, 1.54) is 12.1 Å². The zero-order valence-electron chi connectivity index (χ0n) is 13.4. The zero-order chi connectivity index (χ0) is 17.6. The van der Waals surface area contributed by atoms with Gasteiger partial charge in [0.2, 0.25) is 5.91 Å². The van der Waals surface area contributed by atoms with E-state index in [9.17, 15) is 14.9 Å². The summed E-state index contributed by atoms with van der Waals surface area (Å²) in [5.74, 6) is -0.634. The van der Waals surface area contributed by atoms with Gasteiger partial charge in [0.05, 0.1) is 10.5 Å². The highest BCUT2D eigenvalue weighted by molar-refractivity contribution is 5.97. The van der Waals surface area contributed by atoms with Crippen LogP contribution in [0, 0.1) is 10.1 Å². The second-order valence-electron chi connectivity index (χ2n) is 6.46. The predicted molar refractivity (Wildman–Crippen MR) is 95.6 cm³/mol. The van der Waals surface area contributed by atoms with Crippen LogP contribution in [0.2, 0.25) is 0 Å². The second-order valence-corrected chi connectivity index (χ2v) is 6.46. The quantitative estimate of drug-likeness (QED) is 0.580. The molecule has 0 aliphatic heterocycles. The third kappa shape index (κ3) is 2.36. The number of nitrogens with zero attached hydrogens (tertiary/aromatic N) is 1. The molecule has 0 radical (unpaired) electrons. The molecule has 1 amide bonds. The number of nitrogens with two attached hydrogens (primary N) is 1. The topological polar surface area (TPSA) is 86.2 Å². The zero-order valence-corrected chi connectivity index (χ0v) is 13.4. The monoisotopic (exact) mass is 332 g/mol. The summed E-state index contributed by atoms with van der Waals surface area (Å²) >= 11 is 0. The van der Waals surface area contributed by atoms with Crippen molar-refractivity contribution >= 4 is 22.4 Å². The molecule has 124 valence electrons. The summed E-state index contributed by atoms with van der Waals surface area (Å²) in [7, 11) is 0. The molecule has 0 unspecified atom stereocenters. The average Bonchev–Trinajstić information content (AvgIpc) is 3.42. The molecule has 3 aromatic carbocycles. The third-order valence-corrected chi connectivity index (χ3v) is 5.05. The van der Waals surface area contributed by atoms with Crippen LogP contribution in [-0.4, -0.2) is 10.8 Å². The summed E-state index contributed by atoms with van der Waals surface area (Å²) in [5.41, 5.74) is 7.27. The molecular weight excluding hydrogens is 316 g/mol. The molecule has 0 bridgehead atoms. The number of rotatable bonds is 4. The van der Waals surface area contributed by atoms with Crippen LogP contribution in [0.25, 0.3) is 10.8 Å². The summed E-state index contributed by atoms with van der Waals surface area (Å²) < 4.78 is 0. The minimum Gasteiger partial charge on any atom is -0.366 e. The Morgan fingerprint density at radius 2 is 1.72 bits per heavy atom. The number of primary amides is 1. The Balaban J connectivity index is 1.95. The van der Waals surface area contributed by atoms with Gasteiger partial charge < -0.3 is 5.73 Å². The van der Waals surface area contributed by atoms with E-state index in [1.54, 1.807) is 6.07 Å². The molecule has 1 saturated carbocycles. The fourth-order valence-electron chi connectivity index (χ4n) is 3.72. The molecule has 1 aliphatic rings. The van der Waals surface area contributed by atoms with Crippen LogP contribution in [0.4, 0.5) is 5.69 Å². The summed E-state index contributed by atoms with van der Waals surface area (Å²) in [6.07, 6.45) is 1.78. The minimum absolute atomic E-state index is 0.119. The largest absolute Gasteiger partial charge is 0.366 e. The SMILES string of the molecule is NC(=O)c1cc([N+](=O)[O-])ccc1C1(c2cccc3ccccc23)CC1. The number of non-ortho nitro benzene ring substituents is 1. The van der Waals surface area contributed by atoms with Gasteiger partial charge in [0, 0.05) is 17.5 Å². The van der Waals surface area contributed by atoms with Crippen molar-refractivity contribution in [2.45, 2.75) is 18.3 Å². The number of carbonyl (C=O) groups excluding carboxylic acids is 1. The van der Waals surface area contributed by atoms with Crippen LogP contribution in [0.5, 0.6) is 0 Å². The van der Waals surface area contributed by atoms with Gasteiger partial charge in [0.25, 0.3) is 5.69 Å². The lowest BCUT2D eigenvalue weighted by molar-refractivity contribution is -0.384. The Morgan fingerprint density at radius 3 is 2.40 bits per heavy atom. The number of benzene rings is 3. The van der Waals surface area contributed by atoms with E-state index in [4.69, 9.17) is 5.73 Å². The van der Waals surface area contributed by atoms with E-state index in [-0.39, 0.29) is 16.7 Å². The lowest BCUT2D eigenvalue weighted by atomic mass is 9.82. The number of carbonyl (C=O) groups is 1. The molecule has 5 nitrogen and oxygen atoms in total. The molecular formula is C20H16N2O3. The van der Waals surface area contributed by atoms with Crippen LogP contribution >= 0.6 is 0 Å². The molecule has 0 saturated heterocycles. The van der Waals surface area contributed by atoms with Crippen LogP contribution in [-0.2, 0) is 5.41 Å². The van der Waals surface area contributed by atoms with E-state index >= 15 is 0 Å². The first-order valence-corrected chi connectivity index (χ1v) is 8.10. The van der Waals surface area contributed by atoms with Gasteiger partial charge >= 0.3 is 0 Å². The lowest BCUT2D eigenvalue weighted by Gasteiger charge is -2.21. The minimum atomic E-state index is -0.634. The maximum Gasteiger partial charge on any atom is 0.270 e. The molecule has 0 spiro atoms. The Hall–Kier alpha value is -3.21. The van der Waals surface area contributed by atoms with Gasteiger partial charge in [-0.15, -0.1) is 0 Å². The molecule has 1 aliphatic carbocycles. The van der Waals surface area contributed by atoms with Crippen molar-refractivity contribution < 1.29 is 9.72 Å². The fourth-order valence-corrected chi connectivity index (χ4v) is 3.72. The molecule has 2 N–H and O–H groups in total. The summed E-state index contributed by atoms with van der Waals surface area (Å²) in [6.45, 7) is 0. The van der Waals surface area contributed by atoms with Gasteiger partial charge in [-0.1, -0.05) is 48.5 Å². The highest BCUT2D eigenvalue weighted by atomic mass is 16.6. The Labute approximate surface area is 144 Å². The van der Waals surface area contributed by atoms with Crippen molar-refractivity contribution in [3.63, 3.8) is 0 Å². The van der Waals surface area contributed by atoms with Gasteiger partial charge in [-0.2, -0.15) is 0 Å². The van der Waals surface area contributed by atoms with Crippen molar-refractivity contribution in [1.82, 2.24) is 0 Å². The van der Waals surface area contributed by atoms with Crippen LogP contribution in [0.1, 0.15) is 34.3 Å². The number of nitro benzene ring substituents is 1. The van der Waals surface area contributed by atoms with Gasteiger partial charge in [0.1, 0.15) is 0 Å². The number of hydrogen-bond donors (Lipinski definition) is 1. The van der Waals surface area contributed by atoms with Crippen LogP contribution in [0.3, 0.4) is 0 Å². The number of hydrogen-bond acceptors (Lipinski definition) is 3. The van der Waals surface area contributed by atoms with E-state index in [1.807, 2.05) is 18.2 Å². The van der Waals surface area contributed by atoms with Crippen molar-refractivity contribution in [2.24, 2.45) is 5.73 Å². The van der Waals surface area contributed by atoms with Crippen molar-refractivity contribution in [1.29, 1.82) is 0 Å². The van der Waals surface area contributed by atoms with Gasteiger partial charge in [-0.05, 0) is 34.7 Å². The number of nitro groups is 1. The standard InChI is InChI=1S/C20H16N2O3/c21-19(23)16-12-14(22(24)25)8-9-18(16)20(10-11-20)17-7-3-5-13-4-1-2-6-15(13)17/h1-9,12H,10-11H2,(H2,21,23). The lowest BCUT2D eigenvalue weighted by Crippen LogP contribution is -2.20. The Morgan fingerprint density at radius 1 is 1.00 bits per heavy atom. The number of amides is 1. The summed E-state index contributed by atoms with van der Waals surface area (Å²) in [4.78, 5) is 22.5. The molecule has 4 rings (SSSR count). The van der Waals surface area contributed by atoms with Gasteiger partial charge in [-0.3, -0.25) is 14.9 Å². The van der Waals surface area contributed by atoms with E-state index in [2.05, 4.69) is 24.3 Å². The van der Waals surface area contributed by atoms with Crippen molar-refractivity contribution in [2.75, 3.05) is 0 Å². The molecule has 25 heavy (non-hydrogen) atoms. The Kier molecular flexibility index (Phi) is 3.32. The van der Waals surface area contributed by atoms with E-state index in [0.717, 1.165) is 34.7 Å². The summed E-state index contributed by atoms with van der Waals surface area (Å²) in [5, 5.41) is 13.3. The number of fused-ring (bicyclic) bond motifs is 1. The normalized spacial score (nSPS) is 15.0. The molecule has 3 aromatic rings. The molecule has 0 aromatic heterocycles. The summed E-state index contributed by atoms with van der Waals surface area (Å²) in [6, 6.07) is 18.7. The maximum absolute atomic E-state index is 12.0. The average molecular weight is 332 g/mol.